The van der Waals surface area contributed by atoms with Crippen LogP contribution in [0.25, 0.3) is 22.0 Å². The molecule has 3 heterocycles. The first-order valence-electron chi connectivity index (χ1n) is 14.3. The van der Waals surface area contributed by atoms with E-state index in [-0.39, 0.29) is 11.7 Å². The Hall–Kier alpha value is -4.26. The largest absolute Gasteiger partial charge is 0.508 e. The quantitative estimate of drug-likeness (QED) is 0.156. The van der Waals surface area contributed by atoms with Crippen LogP contribution in [0.2, 0.25) is 0 Å². The lowest BCUT2D eigenvalue weighted by atomic mass is 9.99. The van der Waals surface area contributed by atoms with Crippen LogP contribution in [0.5, 0.6) is 0 Å². The van der Waals surface area contributed by atoms with Gasteiger partial charge in [0, 0.05) is 58.7 Å². The number of halogens is 1. The first-order chi connectivity index (χ1) is 20.3. The maximum atomic E-state index is 14.0. The molecule has 3 aromatic carbocycles. The van der Waals surface area contributed by atoms with Crippen molar-refractivity contribution in [3.05, 3.63) is 125 Å². The molecule has 6 rings (SSSR count). The lowest BCUT2D eigenvalue weighted by Gasteiger charge is -2.32. The van der Waals surface area contributed by atoms with Gasteiger partial charge >= 0.3 is 0 Å². The van der Waals surface area contributed by atoms with Gasteiger partial charge in [-0.25, -0.2) is 0 Å². The number of carbonyl (C=O) groups is 1. The molecule has 0 radical (unpaired) electrons. The number of hydrogen-bond donors (Lipinski definition) is 3. The molecule has 2 aliphatic rings. The second-order valence-corrected chi connectivity index (χ2v) is 11.8. The predicted octanol–water partition coefficient (Wildman–Crippen LogP) is 7.60. The van der Waals surface area contributed by atoms with Gasteiger partial charge in [0.2, 0.25) is 0 Å². The Bertz CT molecular complexity index is 1670. The average Bonchev–Trinajstić information content (AvgIpc) is 3.57. The summed E-state index contributed by atoms with van der Waals surface area (Å²) in [4.78, 5) is 21.6. The third kappa shape index (κ3) is 5.48. The maximum absolute atomic E-state index is 14.0. The number of amides is 1. The number of para-hydroxylation sites is 1. The van der Waals surface area contributed by atoms with Gasteiger partial charge in [-0.15, -0.1) is 0 Å². The van der Waals surface area contributed by atoms with Crippen molar-refractivity contribution in [3.63, 3.8) is 0 Å². The number of fused-ring (bicyclic) bond motifs is 2. The van der Waals surface area contributed by atoms with Crippen molar-refractivity contribution < 1.29 is 9.90 Å². The van der Waals surface area contributed by atoms with Crippen molar-refractivity contribution in [2.24, 2.45) is 5.73 Å². The van der Waals surface area contributed by atoms with E-state index < -0.39 is 6.04 Å². The Morgan fingerprint density at radius 1 is 1.05 bits per heavy atom. The predicted molar refractivity (Wildman–Crippen MR) is 172 cm³/mol. The SMILES string of the molecule is C=C(/C(O)=C\C=C(/C)Cl)[C@H](c1cc2ccccc2[nH]1)N1Cc2ccc(-c3ccc(N4CCC(N)CC4)cc3)cc2C1=O. The van der Waals surface area contributed by atoms with Crippen molar-refractivity contribution in [2.45, 2.75) is 38.4 Å². The molecule has 0 unspecified atom stereocenters. The molecule has 1 atom stereocenters. The zero-order valence-corrected chi connectivity index (χ0v) is 24.4. The van der Waals surface area contributed by atoms with Crippen molar-refractivity contribution in [2.75, 3.05) is 18.0 Å². The highest BCUT2D eigenvalue weighted by Gasteiger charge is 2.37. The summed E-state index contributed by atoms with van der Waals surface area (Å²) >= 11 is 6.00. The smallest absolute Gasteiger partial charge is 0.255 e. The fraction of sp³-hybridized carbons (Fsp3) is 0.229. The highest BCUT2D eigenvalue weighted by Crippen LogP contribution is 2.39. The van der Waals surface area contributed by atoms with Crippen LogP contribution >= 0.6 is 11.6 Å². The number of nitrogens with two attached hydrogens (primary N) is 1. The van der Waals surface area contributed by atoms with Gasteiger partial charge in [-0.2, -0.15) is 0 Å². The van der Waals surface area contributed by atoms with Crippen molar-refractivity contribution >= 4 is 34.1 Å². The lowest BCUT2D eigenvalue weighted by molar-refractivity contribution is 0.0724. The molecule has 1 aromatic heterocycles. The highest BCUT2D eigenvalue weighted by molar-refractivity contribution is 6.29. The van der Waals surface area contributed by atoms with Crippen LogP contribution in [0.3, 0.4) is 0 Å². The van der Waals surface area contributed by atoms with Gasteiger partial charge in [0.15, 0.2) is 0 Å². The van der Waals surface area contributed by atoms with E-state index in [1.54, 1.807) is 17.9 Å². The number of aliphatic hydroxyl groups excluding tert-OH is 1. The number of piperidine rings is 1. The van der Waals surface area contributed by atoms with Crippen LogP contribution in [-0.4, -0.2) is 40.0 Å². The molecule has 0 bridgehead atoms. The molecule has 1 saturated heterocycles. The first-order valence-corrected chi connectivity index (χ1v) is 14.7. The lowest BCUT2D eigenvalue weighted by Crippen LogP contribution is -2.39. The van der Waals surface area contributed by atoms with Crippen LogP contribution in [0.1, 0.15) is 47.4 Å². The molecule has 214 valence electrons. The number of benzene rings is 3. The summed E-state index contributed by atoms with van der Waals surface area (Å²) in [7, 11) is 0. The van der Waals surface area contributed by atoms with Crippen LogP contribution in [0.4, 0.5) is 5.69 Å². The second-order valence-electron chi connectivity index (χ2n) is 11.2. The number of nitrogens with one attached hydrogen (secondary N) is 1. The van der Waals surface area contributed by atoms with E-state index in [4.69, 9.17) is 17.3 Å². The molecule has 0 aliphatic carbocycles. The Morgan fingerprint density at radius 3 is 2.48 bits per heavy atom. The molecule has 1 amide bonds. The van der Waals surface area contributed by atoms with Crippen molar-refractivity contribution in [3.8, 4) is 11.1 Å². The Labute approximate surface area is 251 Å². The number of carbonyl (C=O) groups excluding carboxylic acids is 1. The number of aromatic nitrogens is 1. The third-order valence-corrected chi connectivity index (χ3v) is 8.46. The molecule has 0 spiro atoms. The summed E-state index contributed by atoms with van der Waals surface area (Å²) in [5, 5.41) is 12.5. The molecule has 4 aromatic rings. The Morgan fingerprint density at radius 2 is 1.76 bits per heavy atom. The summed E-state index contributed by atoms with van der Waals surface area (Å²) in [5.41, 5.74) is 13.1. The number of allylic oxidation sites excluding steroid dienone is 3. The van der Waals surface area contributed by atoms with Gasteiger partial charge in [0.25, 0.3) is 5.91 Å². The zero-order valence-electron chi connectivity index (χ0n) is 23.7. The number of aliphatic hydroxyl groups is 1. The normalized spacial score (nSPS) is 17.2. The fourth-order valence-corrected chi connectivity index (χ4v) is 6.02. The number of H-pyrrole nitrogens is 1. The Kier molecular flexibility index (Phi) is 7.67. The molecule has 2 aliphatic heterocycles. The topological polar surface area (TPSA) is 85.6 Å². The average molecular weight is 579 g/mol. The number of hydrogen-bond acceptors (Lipinski definition) is 4. The van der Waals surface area contributed by atoms with E-state index in [2.05, 4.69) is 46.8 Å². The minimum absolute atomic E-state index is 0.0288. The Balaban J connectivity index is 1.30. The summed E-state index contributed by atoms with van der Waals surface area (Å²) in [6.45, 7) is 8.30. The zero-order chi connectivity index (χ0) is 29.4. The molecule has 4 N–H and O–H groups in total. The minimum atomic E-state index is -0.599. The second kappa shape index (κ2) is 11.6. The van der Waals surface area contributed by atoms with Gasteiger partial charge in [-0.1, -0.05) is 60.6 Å². The maximum Gasteiger partial charge on any atom is 0.255 e. The standard InChI is InChI=1S/C35H35ClN4O2/c1-22(36)7-14-33(41)23(2)34(32-20-26-5-3-4-6-31(26)38-32)40-21-27-9-8-25(19-30(27)35(40)42)24-10-12-29(13-11-24)39-17-15-28(37)16-18-39/h3-14,19-20,28,34,38,41H,2,15-18,21,37H2,1H3/b22-7+,33-14+/t34-/m1/s1. The molecule has 42 heavy (non-hydrogen) atoms. The number of rotatable bonds is 7. The summed E-state index contributed by atoms with van der Waals surface area (Å²) in [5.74, 6) is -0.131. The van der Waals surface area contributed by atoms with Gasteiger partial charge in [-0.3, -0.25) is 4.79 Å². The third-order valence-electron chi connectivity index (χ3n) is 8.33. The van der Waals surface area contributed by atoms with Crippen LogP contribution in [0.15, 0.2) is 108 Å². The van der Waals surface area contributed by atoms with E-state index >= 15 is 0 Å². The van der Waals surface area contributed by atoms with E-state index in [9.17, 15) is 9.90 Å². The molecule has 1 fully saturated rings. The molecule has 0 saturated carbocycles. The molecular formula is C35H35ClN4O2. The molecule has 6 nitrogen and oxygen atoms in total. The first kappa shape index (κ1) is 27.9. The minimum Gasteiger partial charge on any atom is -0.508 e. The van der Waals surface area contributed by atoms with Gasteiger partial charge in [-0.05, 0) is 84.3 Å². The molecular weight excluding hydrogens is 544 g/mol. The summed E-state index contributed by atoms with van der Waals surface area (Å²) in [6.07, 6.45) is 5.15. The van der Waals surface area contributed by atoms with Crippen molar-refractivity contribution in [1.82, 2.24) is 9.88 Å². The van der Waals surface area contributed by atoms with Gasteiger partial charge < -0.3 is 25.6 Å². The van der Waals surface area contributed by atoms with E-state index in [1.807, 2.05) is 42.5 Å². The number of nitrogens with zero attached hydrogens (tertiary/aromatic N) is 2. The van der Waals surface area contributed by atoms with E-state index in [1.165, 1.54) is 11.8 Å². The van der Waals surface area contributed by atoms with E-state index in [0.717, 1.165) is 59.2 Å². The van der Waals surface area contributed by atoms with Crippen molar-refractivity contribution in [1.29, 1.82) is 0 Å². The van der Waals surface area contributed by atoms with Gasteiger partial charge in [0.05, 0.1) is 0 Å². The summed E-state index contributed by atoms with van der Waals surface area (Å²) in [6, 6.07) is 24.3. The summed E-state index contributed by atoms with van der Waals surface area (Å²) < 4.78 is 0. The van der Waals surface area contributed by atoms with Crippen LogP contribution in [-0.2, 0) is 6.54 Å². The molecule has 7 heteroatoms. The van der Waals surface area contributed by atoms with E-state index in [0.29, 0.717) is 28.8 Å². The number of anilines is 1. The van der Waals surface area contributed by atoms with Crippen LogP contribution in [0, 0.1) is 0 Å². The number of aromatic amines is 1. The van der Waals surface area contributed by atoms with Gasteiger partial charge in [0.1, 0.15) is 11.8 Å². The highest BCUT2D eigenvalue weighted by atomic mass is 35.5. The van der Waals surface area contributed by atoms with Crippen LogP contribution < -0.4 is 10.6 Å². The fourth-order valence-electron chi connectivity index (χ4n) is 5.96. The monoisotopic (exact) mass is 578 g/mol.